The van der Waals surface area contributed by atoms with Gasteiger partial charge in [0, 0.05) is 11.6 Å². The minimum atomic E-state index is -0.364. The van der Waals surface area contributed by atoms with Crippen molar-refractivity contribution in [1.82, 2.24) is 0 Å². The maximum atomic E-state index is 14.0. The van der Waals surface area contributed by atoms with E-state index in [0.29, 0.717) is 5.56 Å². The van der Waals surface area contributed by atoms with Gasteiger partial charge in [0.2, 0.25) is 0 Å². The lowest BCUT2D eigenvalue weighted by Gasteiger charge is -2.27. The number of nitrogens with two attached hydrogens (primary N) is 1. The van der Waals surface area contributed by atoms with E-state index in [-0.39, 0.29) is 24.1 Å². The molecule has 1 aromatic rings. The van der Waals surface area contributed by atoms with Crippen LogP contribution in [-0.4, -0.2) is 12.1 Å². The Morgan fingerprint density at radius 3 is 2.48 bits per heavy atom. The Morgan fingerprint density at radius 1 is 1.14 bits per heavy atom. The molecular weight excluding hydrogens is 265 g/mol. The van der Waals surface area contributed by atoms with Crippen molar-refractivity contribution in [2.45, 2.75) is 77.5 Å². The van der Waals surface area contributed by atoms with Gasteiger partial charge in [-0.2, -0.15) is 0 Å². The van der Waals surface area contributed by atoms with Crippen LogP contribution in [0.3, 0.4) is 0 Å². The summed E-state index contributed by atoms with van der Waals surface area (Å²) in [5.74, 6) is -0.232. The maximum absolute atomic E-state index is 14.0. The lowest BCUT2D eigenvalue weighted by atomic mass is 9.99. The van der Waals surface area contributed by atoms with E-state index < -0.39 is 0 Å². The Kier molecular flexibility index (Phi) is 8.55. The highest BCUT2D eigenvalue weighted by atomic mass is 19.1. The van der Waals surface area contributed by atoms with E-state index in [1.54, 1.807) is 12.1 Å². The number of benzene rings is 1. The van der Waals surface area contributed by atoms with E-state index in [4.69, 9.17) is 10.5 Å². The second-order valence-corrected chi connectivity index (χ2v) is 5.81. The molecule has 0 radical (unpaired) electrons. The van der Waals surface area contributed by atoms with Crippen LogP contribution >= 0.6 is 0 Å². The van der Waals surface area contributed by atoms with E-state index in [0.717, 1.165) is 19.3 Å². The molecule has 3 heteroatoms. The number of hydrogen-bond donors (Lipinski definition) is 1. The number of rotatable bonds is 10. The molecule has 0 bridgehead atoms. The summed E-state index contributed by atoms with van der Waals surface area (Å²) in [7, 11) is 0. The average molecular weight is 295 g/mol. The fourth-order valence-corrected chi connectivity index (χ4v) is 2.50. The van der Waals surface area contributed by atoms with Gasteiger partial charge in [-0.1, -0.05) is 57.7 Å². The summed E-state index contributed by atoms with van der Waals surface area (Å²) >= 11 is 0. The van der Waals surface area contributed by atoms with E-state index in [1.807, 2.05) is 13.0 Å². The first-order valence-electron chi connectivity index (χ1n) is 8.25. The van der Waals surface area contributed by atoms with Gasteiger partial charge in [-0.15, -0.1) is 0 Å². The molecule has 1 rings (SSSR count). The third kappa shape index (κ3) is 6.15. The molecular formula is C18H30FNO. The first kappa shape index (κ1) is 18.1. The molecule has 0 saturated carbocycles. The second kappa shape index (κ2) is 9.91. The lowest BCUT2D eigenvalue weighted by molar-refractivity contribution is -0.0246. The fourth-order valence-electron chi connectivity index (χ4n) is 2.50. The summed E-state index contributed by atoms with van der Waals surface area (Å²) in [6, 6.07) is 6.60. The lowest BCUT2D eigenvalue weighted by Crippen LogP contribution is -2.32. The van der Waals surface area contributed by atoms with Crippen LogP contribution in [-0.2, 0) is 4.74 Å². The third-order valence-electron chi connectivity index (χ3n) is 3.92. The fraction of sp³-hybridized carbons (Fsp3) is 0.667. The Hall–Kier alpha value is -0.930. The average Bonchev–Trinajstić information content (AvgIpc) is 2.49. The summed E-state index contributed by atoms with van der Waals surface area (Å²) < 4.78 is 20.1. The van der Waals surface area contributed by atoms with Gasteiger partial charge in [-0.25, -0.2) is 4.39 Å². The van der Waals surface area contributed by atoms with Crippen LogP contribution < -0.4 is 5.73 Å². The molecule has 1 aromatic carbocycles. The van der Waals surface area contributed by atoms with Gasteiger partial charge in [0.1, 0.15) is 11.9 Å². The van der Waals surface area contributed by atoms with Crippen molar-refractivity contribution in [1.29, 1.82) is 0 Å². The zero-order valence-electron chi connectivity index (χ0n) is 13.6. The molecule has 0 aromatic heterocycles. The van der Waals surface area contributed by atoms with Gasteiger partial charge < -0.3 is 10.5 Å². The van der Waals surface area contributed by atoms with Gasteiger partial charge in [0.15, 0.2) is 0 Å². The number of ether oxygens (including phenoxy) is 1. The quantitative estimate of drug-likeness (QED) is 0.618. The topological polar surface area (TPSA) is 35.2 Å². The van der Waals surface area contributed by atoms with E-state index in [1.165, 1.54) is 25.3 Å². The minimum absolute atomic E-state index is 0.101. The summed E-state index contributed by atoms with van der Waals surface area (Å²) in [5, 5.41) is 0. The molecule has 21 heavy (non-hydrogen) atoms. The van der Waals surface area contributed by atoms with Crippen LogP contribution in [0.2, 0.25) is 0 Å². The molecule has 2 N–H and O–H groups in total. The monoisotopic (exact) mass is 295 g/mol. The molecule has 0 saturated heterocycles. The van der Waals surface area contributed by atoms with Crippen molar-refractivity contribution in [2.24, 2.45) is 5.73 Å². The first-order valence-corrected chi connectivity index (χ1v) is 8.25. The van der Waals surface area contributed by atoms with Crippen molar-refractivity contribution < 1.29 is 9.13 Å². The summed E-state index contributed by atoms with van der Waals surface area (Å²) in [6.45, 7) is 6.27. The Morgan fingerprint density at radius 2 is 1.86 bits per heavy atom. The molecule has 0 aliphatic heterocycles. The molecule has 120 valence electrons. The Balaban J connectivity index is 2.65. The molecule has 3 unspecified atom stereocenters. The molecule has 0 fully saturated rings. The Labute approximate surface area is 128 Å². The normalized spacial score (nSPS) is 15.7. The molecule has 0 amide bonds. The molecule has 0 spiro atoms. The summed E-state index contributed by atoms with van der Waals surface area (Å²) in [4.78, 5) is 0. The zero-order valence-corrected chi connectivity index (χ0v) is 13.6. The van der Waals surface area contributed by atoms with E-state index in [2.05, 4.69) is 13.8 Å². The smallest absolute Gasteiger partial charge is 0.129 e. The van der Waals surface area contributed by atoms with Crippen LogP contribution in [0.5, 0.6) is 0 Å². The predicted molar refractivity (Wildman–Crippen MR) is 86.7 cm³/mol. The third-order valence-corrected chi connectivity index (χ3v) is 3.92. The van der Waals surface area contributed by atoms with Crippen LogP contribution in [0, 0.1) is 5.82 Å². The van der Waals surface area contributed by atoms with Crippen molar-refractivity contribution in [3.8, 4) is 0 Å². The predicted octanol–water partition coefficient (Wildman–Crippen LogP) is 4.98. The van der Waals surface area contributed by atoms with Gasteiger partial charge in [0.05, 0.1) is 6.10 Å². The maximum Gasteiger partial charge on any atom is 0.129 e. The molecule has 3 atom stereocenters. The van der Waals surface area contributed by atoms with Gasteiger partial charge in [-0.05, 0) is 25.8 Å². The van der Waals surface area contributed by atoms with Crippen LogP contribution in [0.15, 0.2) is 24.3 Å². The highest BCUT2D eigenvalue weighted by Gasteiger charge is 2.24. The van der Waals surface area contributed by atoms with Crippen LogP contribution in [0.1, 0.15) is 71.0 Å². The summed E-state index contributed by atoms with van der Waals surface area (Å²) in [5.41, 5.74) is 6.73. The van der Waals surface area contributed by atoms with Crippen molar-refractivity contribution in [2.75, 3.05) is 0 Å². The van der Waals surface area contributed by atoms with Crippen molar-refractivity contribution in [3.05, 3.63) is 35.6 Å². The zero-order chi connectivity index (χ0) is 15.7. The molecule has 0 aliphatic carbocycles. The van der Waals surface area contributed by atoms with Gasteiger partial charge in [0.25, 0.3) is 0 Å². The van der Waals surface area contributed by atoms with E-state index >= 15 is 0 Å². The highest BCUT2D eigenvalue weighted by Crippen LogP contribution is 2.27. The SMILES string of the molecule is CCCCCCC(C)OC(c1ccccc1F)C(N)CC. The van der Waals surface area contributed by atoms with Crippen molar-refractivity contribution in [3.63, 3.8) is 0 Å². The molecule has 0 heterocycles. The summed E-state index contributed by atoms with van der Waals surface area (Å²) in [6.07, 6.45) is 6.38. The largest absolute Gasteiger partial charge is 0.369 e. The standard InChI is InChI=1S/C18H30FNO/c1-4-6-7-8-11-14(3)21-18(17(20)5-2)15-12-9-10-13-16(15)19/h9-10,12-14,17-18H,4-8,11,20H2,1-3H3. The Bertz CT molecular complexity index is 397. The number of unbranched alkanes of at least 4 members (excludes halogenated alkanes) is 3. The van der Waals surface area contributed by atoms with Crippen molar-refractivity contribution >= 4 is 0 Å². The molecule has 2 nitrogen and oxygen atoms in total. The van der Waals surface area contributed by atoms with E-state index in [9.17, 15) is 4.39 Å². The number of hydrogen-bond acceptors (Lipinski definition) is 2. The number of halogens is 1. The second-order valence-electron chi connectivity index (χ2n) is 5.81. The van der Waals surface area contributed by atoms with Crippen LogP contribution in [0.25, 0.3) is 0 Å². The molecule has 0 aliphatic rings. The van der Waals surface area contributed by atoms with Crippen LogP contribution in [0.4, 0.5) is 4.39 Å². The highest BCUT2D eigenvalue weighted by molar-refractivity contribution is 5.21. The van der Waals surface area contributed by atoms with Gasteiger partial charge >= 0.3 is 0 Å². The first-order chi connectivity index (χ1) is 10.1. The van der Waals surface area contributed by atoms with Gasteiger partial charge in [-0.3, -0.25) is 0 Å². The minimum Gasteiger partial charge on any atom is -0.369 e.